The minimum absolute atomic E-state index is 0.0140. The van der Waals surface area contributed by atoms with Crippen LogP contribution < -0.4 is 5.32 Å². The van der Waals surface area contributed by atoms with Crippen LogP contribution in [-0.2, 0) is 9.84 Å². The Kier molecular flexibility index (Phi) is 4.91. The molecule has 0 aliphatic rings. The molecular formula is C10H13IN2O4S. The summed E-state index contributed by atoms with van der Waals surface area (Å²) >= 11 is 1.97. The van der Waals surface area contributed by atoms with E-state index in [1.165, 1.54) is 18.4 Å². The van der Waals surface area contributed by atoms with Crippen molar-refractivity contribution in [2.24, 2.45) is 0 Å². The lowest BCUT2D eigenvalue weighted by atomic mass is 10.2. The number of nitrogens with one attached hydrogen (secondary N) is 1. The molecular weight excluding hydrogens is 371 g/mol. The molecule has 100 valence electrons. The monoisotopic (exact) mass is 384 g/mol. The van der Waals surface area contributed by atoms with E-state index in [1.807, 2.05) is 22.6 Å². The number of non-ortho nitro benzene ring substituents is 1. The van der Waals surface area contributed by atoms with Crippen molar-refractivity contribution in [2.75, 3.05) is 17.3 Å². The second kappa shape index (κ2) is 5.83. The molecule has 18 heavy (non-hydrogen) atoms. The van der Waals surface area contributed by atoms with Crippen LogP contribution in [0.4, 0.5) is 11.4 Å². The summed E-state index contributed by atoms with van der Waals surface area (Å²) in [6, 6.07) is 4.15. The molecule has 1 aromatic rings. The minimum atomic E-state index is -3.05. The minimum Gasteiger partial charge on any atom is -0.381 e. The van der Waals surface area contributed by atoms with Gasteiger partial charge in [-0.05, 0) is 35.6 Å². The number of hydrogen-bond donors (Lipinski definition) is 1. The van der Waals surface area contributed by atoms with E-state index in [4.69, 9.17) is 0 Å². The van der Waals surface area contributed by atoms with Crippen molar-refractivity contribution in [1.29, 1.82) is 0 Å². The molecule has 0 spiro atoms. The van der Waals surface area contributed by atoms with Crippen molar-refractivity contribution in [3.8, 4) is 0 Å². The molecule has 0 amide bonds. The maximum atomic E-state index is 11.1. The van der Waals surface area contributed by atoms with Crippen LogP contribution in [-0.4, -0.2) is 31.4 Å². The Morgan fingerprint density at radius 1 is 1.50 bits per heavy atom. The van der Waals surface area contributed by atoms with E-state index in [2.05, 4.69) is 5.32 Å². The number of hydrogen-bond acceptors (Lipinski definition) is 5. The summed E-state index contributed by atoms with van der Waals surface area (Å²) < 4.78 is 22.9. The van der Waals surface area contributed by atoms with Crippen molar-refractivity contribution in [3.05, 3.63) is 31.9 Å². The molecule has 0 radical (unpaired) electrons. The number of benzene rings is 1. The first-order chi connectivity index (χ1) is 8.19. The van der Waals surface area contributed by atoms with Crippen LogP contribution in [0.3, 0.4) is 0 Å². The number of nitrogens with zero attached hydrogens (tertiary/aromatic N) is 1. The Bertz CT molecular complexity index is 559. The lowest BCUT2D eigenvalue weighted by Gasteiger charge is -2.15. The fourth-order valence-electron chi connectivity index (χ4n) is 1.50. The summed E-state index contributed by atoms with van der Waals surface area (Å²) in [6.07, 6.45) is 1.17. The number of rotatable bonds is 5. The van der Waals surface area contributed by atoms with Gasteiger partial charge in [0, 0.05) is 33.7 Å². The lowest BCUT2D eigenvalue weighted by molar-refractivity contribution is -0.384. The Morgan fingerprint density at radius 2 is 2.11 bits per heavy atom. The van der Waals surface area contributed by atoms with Gasteiger partial charge in [0.1, 0.15) is 9.84 Å². The molecule has 1 aromatic carbocycles. The highest BCUT2D eigenvalue weighted by Gasteiger charge is 2.13. The van der Waals surface area contributed by atoms with Crippen LogP contribution in [0.25, 0.3) is 0 Å². The summed E-state index contributed by atoms with van der Waals surface area (Å²) in [5.41, 5.74) is 0.707. The van der Waals surface area contributed by atoms with Gasteiger partial charge in [0.15, 0.2) is 0 Å². The average Bonchev–Trinajstić information content (AvgIpc) is 2.17. The molecule has 1 N–H and O–H groups in total. The Balaban J connectivity index is 2.83. The van der Waals surface area contributed by atoms with E-state index in [-0.39, 0.29) is 17.5 Å². The van der Waals surface area contributed by atoms with E-state index in [0.717, 1.165) is 0 Å². The first-order valence-corrected chi connectivity index (χ1v) is 8.21. The normalized spacial score (nSPS) is 13.1. The smallest absolute Gasteiger partial charge is 0.270 e. The summed E-state index contributed by atoms with van der Waals surface area (Å²) in [4.78, 5) is 10.1. The standard InChI is InChI=1S/C10H13IN2O4S/c1-7(6-18(2,16)17)12-10-4-3-8(13(14)15)5-9(10)11/h3-5,7,12H,6H2,1-2H3. The second-order valence-corrected chi connectivity index (χ2v) is 7.41. The van der Waals surface area contributed by atoms with Crippen molar-refractivity contribution in [2.45, 2.75) is 13.0 Å². The van der Waals surface area contributed by atoms with Gasteiger partial charge in [-0.25, -0.2) is 8.42 Å². The third-order valence-corrected chi connectivity index (χ3v) is 4.12. The second-order valence-electron chi connectivity index (χ2n) is 4.06. The van der Waals surface area contributed by atoms with Gasteiger partial charge in [-0.2, -0.15) is 0 Å². The number of sulfone groups is 1. The molecule has 0 heterocycles. The summed E-state index contributed by atoms with van der Waals surface area (Å²) in [5.74, 6) is 0.0140. The van der Waals surface area contributed by atoms with Crippen molar-refractivity contribution in [1.82, 2.24) is 0 Å². The first-order valence-electron chi connectivity index (χ1n) is 5.07. The van der Waals surface area contributed by atoms with Crippen LogP contribution >= 0.6 is 22.6 Å². The highest BCUT2D eigenvalue weighted by atomic mass is 127. The molecule has 0 bridgehead atoms. The molecule has 0 saturated heterocycles. The fraction of sp³-hybridized carbons (Fsp3) is 0.400. The van der Waals surface area contributed by atoms with Crippen molar-refractivity contribution >= 4 is 43.8 Å². The SMILES string of the molecule is CC(CS(C)(=O)=O)Nc1ccc([N+](=O)[O-])cc1I. The third kappa shape index (κ3) is 4.77. The summed E-state index contributed by atoms with van der Waals surface area (Å²) in [6.45, 7) is 1.75. The van der Waals surface area contributed by atoms with Gasteiger partial charge in [-0.15, -0.1) is 0 Å². The summed E-state index contributed by atoms with van der Waals surface area (Å²) in [5, 5.41) is 13.6. The maximum Gasteiger partial charge on any atom is 0.270 e. The highest BCUT2D eigenvalue weighted by Crippen LogP contribution is 2.24. The van der Waals surface area contributed by atoms with Gasteiger partial charge < -0.3 is 5.32 Å². The van der Waals surface area contributed by atoms with E-state index in [0.29, 0.717) is 9.26 Å². The van der Waals surface area contributed by atoms with Crippen molar-refractivity contribution in [3.63, 3.8) is 0 Å². The number of anilines is 1. The Hall–Kier alpha value is -0.900. The number of halogens is 1. The molecule has 0 aromatic heterocycles. The maximum absolute atomic E-state index is 11.1. The quantitative estimate of drug-likeness (QED) is 0.477. The zero-order chi connectivity index (χ0) is 13.9. The van der Waals surface area contributed by atoms with Gasteiger partial charge in [0.25, 0.3) is 5.69 Å². The topological polar surface area (TPSA) is 89.3 Å². The van der Waals surface area contributed by atoms with Crippen LogP contribution in [0.2, 0.25) is 0 Å². The predicted octanol–water partition coefficient (Wildman–Crippen LogP) is 2.04. The third-order valence-electron chi connectivity index (χ3n) is 2.12. The van der Waals surface area contributed by atoms with Crippen LogP contribution in [0.1, 0.15) is 6.92 Å². The van der Waals surface area contributed by atoms with E-state index in [9.17, 15) is 18.5 Å². The van der Waals surface area contributed by atoms with Gasteiger partial charge in [0.2, 0.25) is 0 Å². The fourth-order valence-corrected chi connectivity index (χ4v) is 3.14. The summed E-state index contributed by atoms with van der Waals surface area (Å²) in [7, 11) is -3.05. The van der Waals surface area contributed by atoms with Crippen LogP contribution in [0.5, 0.6) is 0 Å². The number of nitro benzene ring substituents is 1. The Labute approximate surface area is 119 Å². The molecule has 8 heteroatoms. The van der Waals surface area contributed by atoms with Gasteiger partial charge in [0.05, 0.1) is 10.7 Å². The molecule has 1 atom stereocenters. The van der Waals surface area contributed by atoms with E-state index in [1.54, 1.807) is 13.0 Å². The predicted molar refractivity (Wildman–Crippen MR) is 78.6 cm³/mol. The van der Waals surface area contributed by atoms with Gasteiger partial charge >= 0.3 is 0 Å². The van der Waals surface area contributed by atoms with Gasteiger partial charge in [-0.1, -0.05) is 0 Å². The molecule has 1 unspecified atom stereocenters. The number of nitro groups is 1. The molecule has 0 fully saturated rings. The van der Waals surface area contributed by atoms with E-state index >= 15 is 0 Å². The first kappa shape index (κ1) is 15.2. The van der Waals surface area contributed by atoms with Crippen LogP contribution in [0, 0.1) is 13.7 Å². The largest absolute Gasteiger partial charge is 0.381 e. The molecule has 1 rings (SSSR count). The molecule has 6 nitrogen and oxygen atoms in total. The van der Waals surface area contributed by atoms with Crippen molar-refractivity contribution < 1.29 is 13.3 Å². The van der Waals surface area contributed by atoms with E-state index < -0.39 is 14.8 Å². The zero-order valence-corrected chi connectivity index (χ0v) is 12.9. The average molecular weight is 384 g/mol. The molecule has 0 aliphatic heterocycles. The van der Waals surface area contributed by atoms with Crippen LogP contribution in [0.15, 0.2) is 18.2 Å². The zero-order valence-electron chi connectivity index (χ0n) is 9.88. The molecule has 0 saturated carbocycles. The highest BCUT2D eigenvalue weighted by molar-refractivity contribution is 14.1. The molecule has 0 aliphatic carbocycles. The Morgan fingerprint density at radius 3 is 2.56 bits per heavy atom. The lowest BCUT2D eigenvalue weighted by Crippen LogP contribution is -2.25. The van der Waals surface area contributed by atoms with Gasteiger partial charge in [-0.3, -0.25) is 10.1 Å².